The monoisotopic (exact) mass is 581 g/mol. The summed E-state index contributed by atoms with van der Waals surface area (Å²) in [5.41, 5.74) is -1.97. The van der Waals surface area contributed by atoms with Crippen LogP contribution < -0.4 is 9.47 Å². The van der Waals surface area contributed by atoms with Gasteiger partial charge < -0.3 is 33.2 Å². The summed E-state index contributed by atoms with van der Waals surface area (Å²) in [6, 6.07) is 5.15. The quantitative estimate of drug-likeness (QED) is 0.347. The molecule has 2 amide bonds. The van der Waals surface area contributed by atoms with Crippen molar-refractivity contribution in [3.05, 3.63) is 24.3 Å². The molecule has 0 radical (unpaired) electrons. The molecule has 0 aromatic heterocycles. The summed E-state index contributed by atoms with van der Waals surface area (Å²) in [5, 5.41) is 0. The highest BCUT2D eigenvalue weighted by molar-refractivity contribution is 5.94. The zero-order valence-corrected chi connectivity index (χ0v) is 25.5. The number of methoxy groups -OCH3 is 1. The zero-order valence-electron chi connectivity index (χ0n) is 25.5. The van der Waals surface area contributed by atoms with Crippen LogP contribution in [0, 0.1) is 5.92 Å². The Kier molecular flexibility index (Phi) is 11.4. The number of esters is 2. The molecule has 1 heterocycles. The first-order chi connectivity index (χ1) is 18.9. The molecule has 1 aromatic rings. The van der Waals surface area contributed by atoms with Gasteiger partial charge in [0.05, 0.1) is 26.2 Å². The summed E-state index contributed by atoms with van der Waals surface area (Å²) in [4.78, 5) is 53.0. The van der Waals surface area contributed by atoms with Crippen LogP contribution in [0.15, 0.2) is 24.3 Å². The van der Waals surface area contributed by atoms with Crippen LogP contribution in [0.2, 0.25) is 0 Å². The predicted octanol–water partition coefficient (Wildman–Crippen LogP) is 4.51. The Balaban J connectivity index is 2.45. The molecule has 0 bridgehead atoms. The Morgan fingerprint density at radius 3 is 1.88 bits per heavy atom. The van der Waals surface area contributed by atoms with Crippen LogP contribution in [-0.2, 0) is 33.3 Å². The van der Waals surface area contributed by atoms with Gasteiger partial charge in [0.15, 0.2) is 18.2 Å². The maximum atomic E-state index is 13.5. The van der Waals surface area contributed by atoms with Crippen LogP contribution in [0.25, 0.3) is 0 Å². The molecule has 0 N–H and O–H groups in total. The number of rotatable bonds is 6. The highest BCUT2D eigenvalue weighted by atomic mass is 16.6. The number of carbonyl (C=O) groups excluding carboxylic acids is 4. The number of benzene rings is 1. The molecule has 0 aliphatic carbocycles. The molecular weight excluding hydrogens is 538 g/mol. The average Bonchev–Trinajstić information content (AvgIpc) is 2.88. The van der Waals surface area contributed by atoms with Crippen molar-refractivity contribution < 1.29 is 52.3 Å². The minimum atomic E-state index is -1.57. The first-order valence-corrected chi connectivity index (χ1v) is 13.5. The van der Waals surface area contributed by atoms with E-state index in [2.05, 4.69) is 0 Å². The average molecular weight is 582 g/mol. The normalized spacial score (nSPS) is 21.9. The highest BCUT2D eigenvalue weighted by Crippen LogP contribution is 2.25. The standard InChI is InChI=1S/C29H43NO11/c1-17(2)24(31)39-23-18(3)37-25(32)21(15-36-16-22(23)38-20-13-11-19(35-10)12-14-20)30(26(33)40-28(4,5)6)27(34)41-29(7,8)9/h11-14,17-18,21-23H,15-16H2,1-10H3/t18-,21-,22-,23-/m0/s1. The molecule has 1 saturated heterocycles. The molecule has 0 unspecified atom stereocenters. The maximum absolute atomic E-state index is 13.5. The molecule has 1 aliphatic rings. The lowest BCUT2D eigenvalue weighted by atomic mass is 10.1. The van der Waals surface area contributed by atoms with Crippen LogP contribution in [0.1, 0.15) is 62.3 Å². The first-order valence-electron chi connectivity index (χ1n) is 13.5. The number of cyclic esters (lactones) is 1. The lowest BCUT2D eigenvalue weighted by Crippen LogP contribution is -2.54. The Bertz CT molecular complexity index is 1030. The molecule has 4 atom stereocenters. The number of hydrogen-bond donors (Lipinski definition) is 0. The summed E-state index contributed by atoms with van der Waals surface area (Å²) in [5.74, 6) is -0.967. The molecular formula is C29H43NO11. The minimum absolute atomic E-state index is 0.184. The van der Waals surface area contributed by atoms with Crippen molar-refractivity contribution in [1.82, 2.24) is 4.90 Å². The molecule has 230 valence electrons. The SMILES string of the molecule is COc1ccc(O[C@H]2COC[C@H](N(C(=O)OC(C)(C)C)C(=O)OC(C)(C)C)C(=O)O[C@@H](C)[C@@H]2OC(=O)C(C)C)cc1. The van der Waals surface area contributed by atoms with Gasteiger partial charge in [0.1, 0.15) is 28.8 Å². The molecule has 12 nitrogen and oxygen atoms in total. The second kappa shape index (κ2) is 13.9. The van der Waals surface area contributed by atoms with E-state index in [1.54, 1.807) is 79.7 Å². The zero-order chi connectivity index (χ0) is 31.1. The van der Waals surface area contributed by atoms with Crippen molar-refractivity contribution in [2.24, 2.45) is 5.92 Å². The Labute approximate surface area is 241 Å². The van der Waals surface area contributed by atoms with Crippen LogP contribution >= 0.6 is 0 Å². The van der Waals surface area contributed by atoms with Crippen molar-refractivity contribution in [1.29, 1.82) is 0 Å². The van der Waals surface area contributed by atoms with Gasteiger partial charge in [0.2, 0.25) is 0 Å². The van der Waals surface area contributed by atoms with Gasteiger partial charge in [-0.25, -0.2) is 14.4 Å². The molecule has 0 saturated carbocycles. The van der Waals surface area contributed by atoms with Gasteiger partial charge in [-0.05, 0) is 72.7 Å². The summed E-state index contributed by atoms with van der Waals surface area (Å²) in [7, 11) is 1.54. The van der Waals surface area contributed by atoms with Gasteiger partial charge in [-0.15, -0.1) is 0 Å². The van der Waals surface area contributed by atoms with Crippen molar-refractivity contribution in [2.75, 3.05) is 20.3 Å². The number of ether oxygens (including phenoxy) is 7. The summed E-state index contributed by atoms with van der Waals surface area (Å²) >= 11 is 0. The van der Waals surface area contributed by atoms with Crippen LogP contribution in [0.3, 0.4) is 0 Å². The Morgan fingerprint density at radius 1 is 0.902 bits per heavy atom. The topological polar surface area (TPSA) is 136 Å². The van der Waals surface area contributed by atoms with Gasteiger partial charge in [0.25, 0.3) is 0 Å². The van der Waals surface area contributed by atoms with E-state index in [4.69, 9.17) is 33.2 Å². The lowest BCUT2D eigenvalue weighted by Gasteiger charge is -2.32. The fourth-order valence-electron chi connectivity index (χ4n) is 3.59. The van der Waals surface area contributed by atoms with Crippen LogP contribution in [0.4, 0.5) is 9.59 Å². The third-order valence-corrected chi connectivity index (χ3v) is 5.52. The summed E-state index contributed by atoms with van der Waals surface area (Å²) in [6.07, 6.45) is -5.30. The van der Waals surface area contributed by atoms with Crippen molar-refractivity contribution in [2.45, 2.75) is 97.9 Å². The second-order valence-electron chi connectivity index (χ2n) is 11.9. The molecule has 12 heteroatoms. The van der Waals surface area contributed by atoms with E-state index in [9.17, 15) is 19.2 Å². The van der Waals surface area contributed by atoms with Gasteiger partial charge in [-0.2, -0.15) is 4.90 Å². The van der Waals surface area contributed by atoms with Gasteiger partial charge in [-0.1, -0.05) is 13.8 Å². The highest BCUT2D eigenvalue weighted by Gasteiger charge is 2.45. The number of carbonyl (C=O) groups is 4. The second-order valence-corrected chi connectivity index (χ2v) is 11.9. The van der Waals surface area contributed by atoms with Crippen LogP contribution in [-0.4, -0.2) is 84.9 Å². The third-order valence-electron chi connectivity index (χ3n) is 5.52. The van der Waals surface area contributed by atoms with E-state index in [0.717, 1.165) is 0 Å². The molecule has 0 spiro atoms. The molecule has 41 heavy (non-hydrogen) atoms. The van der Waals surface area contributed by atoms with Crippen LogP contribution in [0.5, 0.6) is 11.5 Å². The van der Waals surface area contributed by atoms with Gasteiger partial charge in [-0.3, -0.25) is 4.79 Å². The lowest BCUT2D eigenvalue weighted by molar-refractivity contribution is -0.177. The smallest absolute Gasteiger partial charge is 0.420 e. The number of nitrogens with zero attached hydrogens (tertiary/aromatic N) is 1. The summed E-state index contributed by atoms with van der Waals surface area (Å²) < 4.78 is 39.3. The van der Waals surface area contributed by atoms with E-state index in [1.807, 2.05) is 0 Å². The van der Waals surface area contributed by atoms with E-state index in [-0.39, 0.29) is 6.61 Å². The largest absolute Gasteiger partial charge is 0.497 e. The van der Waals surface area contributed by atoms with E-state index in [0.29, 0.717) is 16.4 Å². The van der Waals surface area contributed by atoms with E-state index in [1.165, 1.54) is 14.0 Å². The van der Waals surface area contributed by atoms with E-state index >= 15 is 0 Å². The Morgan fingerprint density at radius 2 is 1.41 bits per heavy atom. The van der Waals surface area contributed by atoms with Gasteiger partial charge in [0, 0.05) is 0 Å². The van der Waals surface area contributed by atoms with Gasteiger partial charge >= 0.3 is 24.1 Å². The minimum Gasteiger partial charge on any atom is -0.497 e. The third kappa shape index (κ3) is 10.4. The first kappa shape index (κ1) is 33.7. The summed E-state index contributed by atoms with van der Waals surface area (Å²) in [6.45, 7) is 13.9. The fourth-order valence-corrected chi connectivity index (χ4v) is 3.59. The van der Waals surface area contributed by atoms with Crippen molar-refractivity contribution in [3.63, 3.8) is 0 Å². The maximum Gasteiger partial charge on any atom is 0.420 e. The van der Waals surface area contributed by atoms with E-state index < -0.39 is 72.2 Å². The molecule has 2 rings (SSSR count). The molecule has 1 fully saturated rings. The van der Waals surface area contributed by atoms with Crippen molar-refractivity contribution in [3.8, 4) is 11.5 Å². The molecule has 1 aliphatic heterocycles. The molecule has 1 aromatic carbocycles. The fraction of sp³-hybridized carbons (Fsp3) is 0.655. The predicted molar refractivity (Wildman–Crippen MR) is 147 cm³/mol. The number of hydrogen-bond acceptors (Lipinski definition) is 11. The Hall–Kier alpha value is -3.54. The number of imide groups is 1. The van der Waals surface area contributed by atoms with Crippen molar-refractivity contribution >= 4 is 24.1 Å². The number of amides is 2.